The van der Waals surface area contributed by atoms with Crippen molar-refractivity contribution >= 4 is 27.4 Å². The van der Waals surface area contributed by atoms with Crippen LogP contribution in [0.15, 0.2) is 71.6 Å². The first-order valence-corrected chi connectivity index (χ1v) is 13.1. The Hall–Kier alpha value is -3.36. The maximum Gasteiger partial charge on any atom is 0.335 e. The molecule has 1 aliphatic rings. The largest absolute Gasteiger partial charge is 0.496 e. The number of anilines is 2. The van der Waals surface area contributed by atoms with Crippen LogP contribution < -0.4 is 9.64 Å². The number of methoxy groups -OCH3 is 1. The van der Waals surface area contributed by atoms with Crippen LogP contribution in [0.3, 0.4) is 0 Å². The molecule has 0 fully saturated rings. The standard InChI is InChI=1S/C27H30N2O5S/c1-4-5-12-22-18-29(21-13-7-6-8-14-21)24-17-25(34-3)23(16-26(24)35(32,33)28(22)2)19-10-9-11-20(15-19)27(30)31/h6-11,13-17,22H,4-5,12,18H2,1-3H3,(H,30,31). The number of aromatic carboxylic acids is 1. The lowest BCUT2D eigenvalue weighted by Gasteiger charge is -2.29. The molecule has 3 aromatic carbocycles. The first-order chi connectivity index (χ1) is 16.8. The summed E-state index contributed by atoms with van der Waals surface area (Å²) < 4.78 is 35.0. The number of carboxylic acids is 1. The van der Waals surface area contributed by atoms with Crippen LogP contribution in [0.5, 0.6) is 5.75 Å². The number of unbranched alkanes of at least 4 members (excludes halogenated alkanes) is 1. The number of fused-ring (bicyclic) bond motifs is 1. The van der Waals surface area contributed by atoms with E-state index in [9.17, 15) is 18.3 Å². The van der Waals surface area contributed by atoms with Crippen molar-refractivity contribution in [1.82, 2.24) is 4.31 Å². The topological polar surface area (TPSA) is 87.1 Å². The van der Waals surface area contributed by atoms with Gasteiger partial charge in [0.25, 0.3) is 0 Å². The summed E-state index contributed by atoms with van der Waals surface area (Å²) in [4.78, 5) is 13.7. The molecule has 1 atom stereocenters. The van der Waals surface area contributed by atoms with Gasteiger partial charge in [0.2, 0.25) is 10.0 Å². The zero-order chi connectivity index (χ0) is 25.2. The summed E-state index contributed by atoms with van der Waals surface area (Å²) in [5.41, 5.74) is 2.64. The first kappa shape index (κ1) is 24.8. The van der Waals surface area contributed by atoms with E-state index in [4.69, 9.17) is 4.74 Å². The highest BCUT2D eigenvalue weighted by Crippen LogP contribution is 2.44. The van der Waals surface area contributed by atoms with E-state index in [2.05, 4.69) is 6.92 Å². The number of hydrogen-bond acceptors (Lipinski definition) is 5. The van der Waals surface area contributed by atoms with E-state index in [1.165, 1.54) is 23.5 Å². The Morgan fingerprint density at radius 1 is 1.09 bits per heavy atom. The number of ether oxygens (including phenoxy) is 1. The lowest BCUT2D eigenvalue weighted by atomic mass is 10.0. The molecule has 0 spiro atoms. The predicted octanol–water partition coefficient (Wildman–Crippen LogP) is 5.39. The molecule has 0 amide bonds. The smallest absolute Gasteiger partial charge is 0.335 e. The number of rotatable bonds is 7. The van der Waals surface area contributed by atoms with Gasteiger partial charge in [0.05, 0.1) is 18.4 Å². The Balaban J connectivity index is 1.97. The fourth-order valence-electron chi connectivity index (χ4n) is 4.52. The SMILES string of the molecule is CCCCC1CN(c2ccccc2)c2cc(OC)c(-c3cccc(C(=O)O)c3)cc2S(=O)(=O)N1C. The third-order valence-corrected chi connectivity index (χ3v) is 8.45. The quantitative estimate of drug-likeness (QED) is 0.474. The van der Waals surface area contributed by atoms with Gasteiger partial charge in [-0.25, -0.2) is 13.2 Å². The molecule has 0 aliphatic carbocycles. The molecule has 0 radical (unpaired) electrons. The van der Waals surface area contributed by atoms with Gasteiger partial charge in [-0.05, 0) is 42.3 Å². The number of carboxylic acid groups (broad SMARTS) is 1. The second kappa shape index (κ2) is 10.1. The van der Waals surface area contributed by atoms with Gasteiger partial charge in [0.15, 0.2) is 0 Å². The fourth-order valence-corrected chi connectivity index (χ4v) is 6.10. The molecular weight excluding hydrogens is 464 g/mol. The lowest BCUT2D eigenvalue weighted by Crippen LogP contribution is -2.40. The highest BCUT2D eigenvalue weighted by Gasteiger charge is 2.37. The molecule has 4 rings (SSSR count). The van der Waals surface area contributed by atoms with Gasteiger partial charge in [-0.1, -0.05) is 50.1 Å². The van der Waals surface area contributed by atoms with E-state index in [1.54, 1.807) is 31.3 Å². The van der Waals surface area contributed by atoms with Crippen molar-refractivity contribution in [3.8, 4) is 16.9 Å². The number of nitrogens with zero attached hydrogens (tertiary/aromatic N) is 2. The van der Waals surface area contributed by atoms with E-state index in [1.807, 2.05) is 35.2 Å². The maximum absolute atomic E-state index is 13.9. The average molecular weight is 495 g/mol. The Labute approximate surface area is 206 Å². The normalized spacial score (nSPS) is 17.5. The minimum absolute atomic E-state index is 0.116. The van der Waals surface area contributed by atoms with Gasteiger partial charge in [-0.15, -0.1) is 0 Å². The highest BCUT2D eigenvalue weighted by atomic mass is 32.2. The van der Waals surface area contributed by atoms with Crippen LogP contribution in [0.4, 0.5) is 11.4 Å². The van der Waals surface area contributed by atoms with Crippen molar-refractivity contribution in [3.05, 3.63) is 72.3 Å². The minimum atomic E-state index is -3.84. The summed E-state index contributed by atoms with van der Waals surface area (Å²) in [5.74, 6) is -0.584. The Morgan fingerprint density at radius 3 is 2.49 bits per heavy atom. The molecule has 0 aromatic heterocycles. The number of para-hydroxylation sites is 1. The van der Waals surface area contributed by atoms with Gasteiger partial charge >= 0.3 is 5.97 Å². The molecule has 1 heterocycles. The molecule has 8 heteroatoms. The Kier molecular flexibility index (Phi) is 7.14. The Morgan fingerprint density at radius 2 is 1.83 bits per heavy atom. The molecule has 1 N–H and O–H groups in total. The van der Waals surface area contributed by atoms with Crippen LogP contribution >= 0.6 is 0 Å². The summed E-state index contributed by atoms with van der Waals surface area (Å²) >= 11 is 0. The summed E-state index contributed by atoms with van der Waals surface area (Å²) in [7, 11) is -0.670. The second-order valence-corrected chi connectivity index (χ2v) is 10.6. The van der Waals surface area contributed by atoms with Crippen molar-refractivity contribution in [2.24, 2.45) is 0 Å². The van der Waals surface area contributed by atoms with Crippen molar-refractivity contribution < 1.29 is 23.1 Å². The van der Waals surface area contributed by atoms with Crippen LogP contribution in [0.2, 0.25) is 0 Å². The second-order valence-electron chi connectivity index (χ2n) is 8.67. The fraction of sp³-hybridized carbons (Fsp3) is 0.296. The van der Waals surface area contributed by atoms with Gasteiger partial charge in [0.1, 0.15) is 10.6 Å². The lowest BCUT2D eigenvalue weighted by molar-refractivity contribution is 0.0697. The number of hydrogen-bond donors (Lipinski definition) is 1. The molecule has 184 valence electrons. The van der Waals surface area contributed by atoms with Crippen molar-refractivity contribution in [3.63, 3.8) is 0 Å². The van der Waals surface area contributed by atoms with Crippen LogP contribution in [0.25, 0.3) is 11.1 Å². The summed E-state index contributed by atoms with van der Waals surface area (Å²) in [5, 5.41) is 9.45. The van der Waals surface area contributed by atoms with E-state index >= 15 is 0 Å². The van der Waals surface area contributed by atoms with Crippen LogP contribution in [-0.2, 0) is 10.0 Å². The van der Waals surface area contributed by atoms with E-state index in [-0.39, 0.29) is 16.5 Å². The molecular formula is C27H30N2O5S. The number of sulfonamides is 1. The van der Waals surface area contributed by atoms with E-state index in [0.29, 0.717) is 29.1 Å². The maximum atomic E-state index is 13.9. The molecule has 1 unspecified atom stereocenters. The third kappa shape index (κ3) is 4.76. The van der Waals surface area contributed by atoms with Gasteiger partial charge in [-0.2, -0.15) is 4.31 Å². The monoisotopic (exact) mass is 494 g/mol. The van der Waals surface area contributed by atoms with Crippen LogP contribution in [0, 0.1) is 0 Å². The first-order valence-electron chi connectivity index (χ1n) is 11.6. The molecule has 3 aromatic rings. The highest BCUT2D eigenvalue weighted by molar-refractivity contribution is 7.89. The number of carbonyl (C=O) groups is 1. The van der Waals surface area contributed by atoms with Gasteiger partial charge in [0, 0.05) is 37.0 Å². The molecule has 0 saturated carbocycles. The average Bonchev–Trinajstić information content (AvgIpc) is 2.95. The number of benzene rings is 3. The summed E-state index contributed by atoms with van der Waals surface area (Å²) in [6, 6.07) is 19.3. The minimum Gasteiger partial charge on any atom is -0.496 e. The molecule has 0 saturated heterocycles. The third-order valence-electron chi connectivity index (χ3n) is 6.52. The summed E-state index contributed by atoms with van der Waals surface area (Å²) in [6.07, 6.45) is 2.63. The zero-order valence-electron chi connectivity index (χ0n) is 20.1. The van der Waals surface area contributed by atoms with Gasteiger partial charge < -0.3 is 14.7 Å². The molecule has 7 nitrogen and oxygen atoms in total. The number of likely N-dealkylation sites (N-methyl/N-ethyl adjacent to an activating group) is 1. The zero-order valence-corrected chi connectivity index (χ0v) is 21.0. The molecule has 1 aliphatic heterocycles. The predicted molar refractivity (Wildman–Crippen MR) is 137 cm³/mol. The Bertz CT molecular complexity index is 1320. The van der Waals surface area contributed by atoms with Crippen molar-refractivity contribution in [1.29, 1.82) is 0 Å². The molecule has 0 bridgehead atoms. The van der Waals surface area contributed by atoms with Crippen LogP contribution in [0.1, 0.15) is 36.5 Å². The van der Waals surface area contributed by atoms with Crippen molar-refractivity contribution in [2.45, 2.75) is 37.1 Å². The molecule has 35 heavy (non-hydrogen) atoms. The van der Waals surface area contributed by atoms with Crippen LogP contribution in [-0.4, -0.2) is 50.5 Å². The summed E-state index contributed by atoms with van der Waals surface area (Å²) in [6.45, 7) is 2.60. The van der Waals surface area contributed by atoms with E-state index in [0.717, 1.165) is 24.9 Å². The van der Waals surface area contributed by atoms with Crippen molar-refractivity contribution in [2.75, 3.05) is 25.6 Å². The van der Waals surface area contributed by atoms with E-state index < -0.39 is 16.0 Å². The van der Waals surface area contributed by atoms with Gasteiger partial charge in [-0.3, -0.25) is 0 Å².